The molecule has 2 aromatic carbocycles. The van der Waals surface area contributed by atoms with Crippen LogP contribution in [0.2, 0.25) is 0 Å². The summed E-state index contributed by atoms with van der Waals surface area (Å²) >= 11 is 5.64. The number of carbonyl (C=O) groups excluding carboxylic acids is 1. The van der Waals surface area contributed by atoms with Crippen LogP contribution in [0.1, 0.15) is 27.0 Å². The van der Waals surface area contributed by atoms with Crippen LogP contribution in [-0.4, -0.2) is 5.91 Å². The Morgan fingerprint density at radius 3 is 2.26 bits per heavy atom. The van der Waals surface area contributed by atoms with Gasteiger partial charge < -0.3 is 5.32 Å². The number of nitrogens with one attached hydrogen (secondary N) is 1. The third kappa shape index (κ3) is 4.45. The van der Waals surface area contributed by atoms with Gasteiger partial charge in [0.25, 0.3) is 5.91 Å². The number of benzene rings is 2. The molecule has 0 radical (unpaired) electrons. The van der Waals surface area contributed by atoms with E-state index in [-0.39, 0.29) is 12.1 Å². The lowest BCUT2D eigenvalue weighted by atomic mass is 10.1. The Labute approximate surface area is 135 Å². The quantitative estimate of drug-likeness (QED) is 0.641. The molecular formula is C16H12ClF4NO. The molecule has 0 aliphatic rings. The van der Waals surface area contributed by atoms with Gasteiger partial charge in [-0.3, -0.25) is 4.79 Å². The molecule has 1 N–H and O–H groups in total. The van der Waals surface area contributed by atoms with Crippen molar-refractivity contribution in [2.75, 3.05) is 0 Å². The first-order valence-electron chi connectivity index (χ1n) is 6.60. The molecule has 0 bridgehead atoms. The Kier molecular flexibility index (Phi) is 5.26. The smallest absolute Gasteiger partial charge is 0.348 e. The number of carbonyl (C=O) groups is 1. The van der Waals surface area contributed by atoms with Crippen LogP contribution >= 0.6 is 11.6 Å². The van der Waals surface area contributed by atoms with E-state index < -0.39 is 23.5 Å². The van der Waals surface area contributed by atoms with Crippen LogP contribution in [0.25, 0.3) is 0 Å². The highest BCUT2D eigenvalue weighted by Gasteiger charge is 2.31. The zero-order chi connectivity index (χ0) is 17.0. The van der Waals surface area contributed by atoms with Crippen molar-refractivity contribution in [2.24, 2.45) is 0 Å². The Morgan fingerprint density at radius 1 is 1.09 bits per heavy atom. The van der Waals surface area contributed by atoms with Gasteiger partial charge in [0.05, 0.1) is 5.56 Å². The molecule has 2 rings (SSSR count). The summed E-state index contributed by atoms with van der Waals surface area (Å²) in [5.74, 6) is -1.15. The molecule has 23 heavy (non-hydrogen) atoms. The normalized spacial score (nSPS) is 11.3. The summed E-state index contributed by atoms with van der Waals surface area (Å²) in [5.41, 5.74) is 0.105. The van der Waals surface area contributed by atoms with Gasteiger partial charge in [0, 0.05) is 23.6 Å². The summed E-state index contributed by atoms with van der Waals surface area (Å²) in [4.78, 5) is 11.9. The van der Waals surface area contributed by atoms with Gasteiger partial charge in [0.15, 0.2) is 0 Å². The SMILES string of the molecule is O=C(NCc1ccc(C(F)(F)F)cc1F)c1ccc(CCl)cc1. The maximum Gasteiger partial charge on any atom is 0.416 e. The Bertz CT molecular complexity index is 698. The second-order valence-corrected chi connectivity index (χ2v) is 5.08. The lowest BCUT2D eigenvalue weighted by Crippen LogP contribution is -2.23. The molecule has 0 atom stereocenters. The molecule has 7 heteroatoms. The predicted molar refractivity (Wildman–Crippen MR) is 78.6 cm³/mol. The summed E-state index contributed by atoms with van der Waals surface area (Å²) in [6, 6.07) is 8.69. The number of halogens is 5. The standard InChI is InChI=1S/C16H12ClF4NO/c17-8-10-1-3-11(4-2-10)15(23)22-9-12-5-6-13(7-14(12)18)16(19,20)21/h1-7H,8-9H2,(H,22,23). The summed E-state index contributed by atoms with van der Waals surface area (Å²) < 4.78 is 51.0. The minimum Gasteiger partial charge on any atom is -0.348 e. The van der Waals surface area contributed by atoms with E-state index in [9.17, 15) is 22.4 Å². The third-order valence-corrected chi connectivity index (χ3v) is 3.50. The largest absolute Gasteiger partial charge is 0.416 e. The average molecular weight is 346 g/mol. The number of rotatable bonds is 4. The van der Waals surface area contributed by atoms with Crippen LogP contribution in [-0.2, 0) is 18.6 Å². The van der Waals surface area contributed by atoms with Crippen molar-refractivity contribution in [1.29, 1.82) is 0 Å². The highest BCUT2D eigenvalue weighted by atomic mass is 35.5. The van der Waals surface area contributed by atoms with Crippen LogP contribution in [0.15, 0.2) is 42.5 Å². The Hall–Kier alpha value is -2.08. The van der Waals surface area contributed by atoms with Crippen molar-refractivity contribution in [3.05, 3.63) is 70.5 Å². The zero-order valence-corrected chi connectivity index (χ0v) is 12.5. The number of alkyl halides is 4. The van der Waals surface area contributed by atoms with E-state index in [0.717, 1.165) is 17.7 Å². The van der Waals surface area contributed by atoms with Crippen LogP contribution in [0.5, 0.6) is 0 Å². The number of amides is 1. The molecule has 0 fully saturated rings. The summed E-state index contributed by atoms with van der Waals surface area (Å²) in [6.45, 7) is -0.208. The molecule has 122 valence electrons. The molecule has 0 heterocycles. The lowest BCUT2D eigenvalue weighted by Gasteiger charge is -2.10. The Morgan fingerprint density at radius 2 is 1.74 bits per heavy atom. The topological polar surface area (TPSA) is 29.1 Å². The first-order chi connectivity index (χ1) is 10.8. The fourth-order valence-electron chi connectivity index (χ4n) is 1.89. The van der Waals surface area contributed by atoms with Gasteiger partial charge in [0.1, 0.15) is 5.82 Å². The van der Waals surface area contributed by atoms with Crippen molar-refractivity contribution in [1.82, 2.24) is 5.32 Å². The fraction of sp³-hybridized carbons (Fsp3) is 0.188. The van der Waals surface area contributed by atoms with Crippen LogP contribution in [0.4, 0.5) is 17.6 Å². The van der Waals surface area contributed by atoms with E-state index in [1.54, 1.807) is 24.3 Å². The molecule has 0 saturated carbocycles. The first kappa shape index (κ1) is 17.3. The van der Waals surface area contributed by atoms with E-state index >= 15 is 0 Å². The Balaban J connectivity index is 2.04. The maximum absolute atomic E-state index is 13.7. The van der Waals surface area contributed by atoms with Gasteiger partial charge in [-0.15, -0.1) is 11.6 Å². The van der Waals surface area contributed by atoms with Gasteiger partial charge >= 0.3 is 6.18 Å². The van der Waals surface area contributed by atoms with Crippen molar-refractivity contribution in [3.8, 4) is 0 Å². The molecule has 0 saturated heterocycles. The van der Waals surface area contributed by atoms with E-state index in [1.165, 1.54) is 0 Å². The van der Waals surface area contributed by atoms with E-state index in [0.29, 0.717) is 17.5 Å². The molecular weight excluding hydrogens is 334 g/mol. The maximum atomic E-state index is 13.7. The molecule has 2 nitrogen and oxygen atoms in total. The third-order valence-electron chi connectivity index (χ3n) is 3.19. The van der Waals surface area contributed by atoms with E-state index in [1.807, 2.05) is 0 Å². The van der Waals surface area contributed by atoms with Gasteiger partial charge in [0.2, 0.25) is 0 Å². The lowest BCUT2D eigenvalue weighted by molar-refractivity contribution is -0.137. The van der Waals surface area contributed by atoms with E-state index in [4.69, 9.17) is 11.6 Å². The van der Waals surface area contributed by atoms with Gasteiger partial charge in [-0.25, -0.2) is 4.39 Å². The molecule has 1 amide bonds. The molecule has 0 aromatic heterocycles. The number of hydrogen-bond acceptors (Lipinski definition) is 1. The molecule has 0 aliphatic carbocycles. The monoisotopic (exact) mass is 345 g/mol. The van der Waals surface area contributed by atoms with Gasteiger partial charge in [-0.2, -0.15) is 13.2 Å². The second-order valence-electron chi connectivity index (χ2n) is 4.82. The summed E-state index contributed by atoms with van der Waals surface area (Å²) in [6.07, 6.45) is -4.60. The summed E-state index contributed by atoms with van der Waals surface area (Å²) in [5, 5.41) is 2.46. The van der Waals surface area contributed by atoms with Gasteiger partial charge in [-0.05, 0) is 29.8 Å². The van der Waals surface area contributed by atoms with Crippen LogP contribution in [0.3, 0.4) is 0 Å². The van der Waals surface area contributed by atoms with E-state index in [2.05, 4.69) is 5.32 Å². The summed E-state index contributed by atoms with van der Waals surface area (Å²) in [7, 11) is 0. The van der Waals surface area contributed by atoms with Crippen LogP contribution < -0.4 is 5.32 Å². The second kappa shape index (κ2) is 7.00. The minimum atomic E-state index is -4.60. The molecule has 0 unspecified atom stereocenters. The van der Waals surface area contributed by atoms with Crippen molar-refractivity contribution in [2.45, 2.75) is 18.6 Å². The molecule has 2 aromatic rings. The zero-order valence-electron chi connectivity index (χ0n) is 11.8. The highest BCUT2D eigenvalue weighted by Crippen LogP contribution is 2.30. The average Bonchev–Trinajstić information content (AvgIpc) is 2.52. The molecule has 0 spiro atoms. The van der Waals surface area contributed by atoms with Crippen molar-refractivity contribution in [3.63, 3.8) is 0 Å². The number of hydrogen-bond donors (Lipinski definition) is 1. The van der Waals surface area contributed by atoms with Crippen molar-refractivity contribution < 1.29 is 22.4 Å². The van der Waals surface area contributed by atoms with Crippen LogP contribution in [0, 0.1) is 5.82 Å². The minimum absolute atomic E-state index is 0.0243. The highest BCUT2D eigenvalue weighted by molar-refractivity contribution is 6.17. The predicted octanol–water partition coefficient (Wildman–Crippen LogP) is 4.51. The first-order valence-corrected chi connectivity index (χ1v) is 7.13. The fourth-order valence-corrected chi connectivity index (χ4v) is 2.07. The molecule has 0 aliphatic heterocycles. The van der Waals surface area contributed by atoms with Gasteiger partial charge in [-0.1, -0.05) is 18.2 Å². The van der Waals surface area contributed by atoms with Crippen molar-refractivity contribution >= 4 is 17.5 Å².